The molecule has 1 aliphatic carbocycles. The van der Waals surface area contributed by atoms with Crippen LogP contribution in [0.1, 0.15) is 44.6 Å². The molecule has 0 bridgehead atoms. The molecule has 4 nitrogen and oxygen atoms in total. The Hall–Kier alpha value is -1.55. The number of likely N-dealkylation sites (N-methyl/N-ethyl adjacent to an activating group) is 2. The van der Waals surface area contributed by atoms with Crippen LogP contribution in [0.25, 0.3) is 0 Å². The zero-order valence-corrected chi connectivity index (χ0v) is 15.5. The van der Waals surface area contributed by atoms with Gasteiger partial charge in [-0.05, 0) is 51.4 Å². The minimum Gasteiger partial charge on any atom is -0.492 e. The number of aryl methyl sites for hydroxylation is 1. The van der Waals surface area contributed by atoms with E-state index in [-0.39, 0.29) is 5.91 Å². The van der Waals surface area contributed by atoms with Crippen molar-refractivity contribution in [2.75, 3.05) is 33.3 Å². The van der Waals surface area contributed by atoms with Crippen molar-refractivity contribution >= 4 is 5.91 Å². The minimum absolute atomic E-state index is 0.252. The fourth-order valence-electron chi connectivity index (χ4n) is 3.46. The van der Waals surface area contributed by atoms with Crippen molar-refractivity contribution in [1.82, 2.24) is 9.80 Å². The first-order chi connectivity index (χ1) is 11.6. The Kier molecular flexibility index (Phi) is 7.57. The van der Waals surface area contributed by atoms with Crippen molar-refractivity contribution in [3.8, 4) is 5.75 Å². The SMILES string of the molecule is CCN(C(=O)CN(C)CCOc1cccc(C)c1)C1CCCCC1. The molecule has 0 aliphatic heterocycles. The third kappa shape index (κ3) is 5.82. The predicted octanol–water partition coefficient (Wildman–Crippen LogP) is 3.49. The van der Waals surface area contributed by atoms with Crippen molar-refractivity contribution in [3.63, 3.8) is 0 Å². The van der Waals surface area contributed by atoms with Crippen molar-refractivity contribution in [3.05, 3.63) is 29.8 Å². The van der Waals surface area contributed by atoms with Crippen LogP contribution in [0.3, 0.4) is 0 Å². The molecule has 1 aliphatic rings. The molecule has 1 aromatic carbocycles. The highest BCUT2D eigenvalue weighted by atomic mass is 16.5. The van der Waals surface area contributed by atoms with E-state index < -0.39 is 0 Å². The summed E-state index contributed by atoms with van der Waals surface area (Å²) in [7, 11) is 1.99. The van der Waals surface area contributed by atoms with Crippen LogP contribution >= 0.6 is 0 Å². The average molecular weight is 332 g/mol. The van der Waals surface area contributed by atoms with Crippen LogP contribution < -0.4 is 4.74 Å². The third-order valence-corrected chi connectivity index (χ3v) is 4.81. The molecule has 24 heavy (non-hydrogen) atoms. The molecule has 0 aromatic heterocycles. The standard InChI is InChI=1S/C20H32N2O2/c1-4-22(18-10-6-5-7-11-18)20(23)16-21(3)13-14-24-19-12-8-9-17(2)15-19/h8-9,12,15,18H,4-7,10-11,13-14,16H2,1-3H3. The number of nitrogens with zero attached hydrogens (tertiary/aromatic N) is 2. The van der Waals surface area contributed by atoms with Crippen LogP contribution in [0, 0.1) is 6.92 Å². The fraction of sp³-hybridized carbons (Fsp3) is 0.650. The summed E-state index contributed by atoms with van der Waals surface area (Å²) in [6.07, 6.45) is 6.17. The first-order valence-electron chi connectivity index (χ1n) is 9.27. The smallest absolute Gasteiger partial charge is 0.236 e. The molecular weight excluding hydrogens is 300 g/mol. The summed E-state index contributed by atoms with van der Waals surface area (Å²) in [5.41, 5.74) is 1.20. The van der Waals surface area contributed by atoms with Crippen LogP contribution in [0.15, 0.2) is 24.3 Å². The maximum Gasteiger partial charge on any atom is 0.236 e. The Bertz CT molecular complexity index is 512. The average Bonchev–Trinajstić information content (AvgIpc) is 2.56. The molecule has 0 heterocycles. The Morgan fingerprint density at radius 2 is 2.00 bits per heavy atom. The number of hydrogen-bond donors (Lipinski definition) is 0. The van der Waals surface area contributed by atoms with E-state index in [1.807, 2.05) is 25.2 Å². The number of carbonyl (C=O) groups is 1. The topological polar surface area (TPSA) is 32.8 Å². The summed E-state index contributed by atoms with van der Waals surface area (Å²) >= 11 is 0. The predicted molar refractivity (Wildman–Crippen MR) is 98.4 cm³/mol. The van der Waals surface area contributed by atoms with Gasteiger partial charge in [0.1, 0.15) is 12.4 Å². The monoisotopic (exact) mass is 332 g/mol. The zero-order valence-electron chi connectivity index (χ0n) is 15.5. The van der Waals surface area contributed by atoms with Crippen LogP contribution in [0.5, 0.6) is 5.75 Å². The molecule has 1 aromatic rings. The van der Waals surface area contributed by atoms with E-state index in [0.29, 0.717) is 19.2 Å². The van der Waals surface area contributed by atoms with Gasteiger partial charge < -0.3 is 9.64 Å². The molecule has 1 amide bonds. The molecule has 0 radical (unpaired) electrons. The van der Waals surface area contributed by atoms with Crippen LogP contribution in [0.4, 0.5) is 0 Å². The molecule has 0 spiro atoms. The van der Waals surface area contributed by atoms with Gasteiger partial charge in [-0.2, -0.15) is 0 Å². The van der Waals surface area contributed by atoms with Gasteiger partial charge in [-0.15, -0.1) is 0 Å². The Labute approximate surface area is 146 Å². The Morgan fingerprint density at radius 1 is 1.25 bits per heavy atom. The lowest BCUT2D eigenvalue weighted by molar-refractivity contribution is -0.134. The van der Waals surface area contributed by atoms with Gasteiger partial charge in [-0.3, -0.25) is 9.69 Å². The van der Waals surface area contributed by atoms with E-state index in [9.17, 15) is 4.79 Å². The van der Waals surface area contributed by atoms with E-state index in [1.54, 1.807) is 0 Å². The number of rotatable bonds is 8. The highest BCUT2D eigenvalue weighted by Gasteiger charge is 2.24. The molecular formula is C20H32N2O2. The van der Waals surface area contributed by atoms with Gasteiger partial charge in [0.15, 0.2) is 0 Å². The van der Waals surface area contributed by atoms with Crippen molar-refractivity contribution < 1.29 is 9.53 Å². The molecule has 0 N–H and O–H groups in total. The summed E-state index contributed by atoms with van der Waals surface area (Å²) in [5, 5.41) is 0. The lowest BCUT2D eigenvalue weighted by Crippen LogP contribution is -2.46. The van der Waals surface area contributed by atoms with Crippen LogP contribution in [-0.4, -0.2) is 55.0 Å². The third-order valence-electron chi connectivity index (χ3n) is 4.81. The normalized spacial score (nSPS) is 15.5. The summed E-state index contributed by atoms with van der Waals surface area (Å²) < 4.78 is 5.78. The molecule has 2 rings (SSSR count). The van der Waals surface area contributed by atoms with Crippen LogP contribution in [0.2, 0.25) is 0 Å². The van der Waals surface area contributed by atoms with E-state index in [0.717, 1.165) is 18.8 Å². The maximum atomic E-state index is 12.6. The number of ether oxygens (including phenoxy) is 1. The highest BCUT2D eigenvalue weighted by Crippen LogP contribution is 2.22. The van der Waals surface area contributed by atoms with Gasteiger partial charge in [-0.1, -0.05) is 31.4 Å². The van der Waals surface area contributed by atoms with E-state index in [2.05, 4.69) is 29.7 Å². The second-order valence-corrected chi connectivity index (χ2v) is 6.87. The number of amides is 1. The zero-order chi connectivity index (χ0) is 17.4. The summed E-state index contributed by atoms with van der Waals surface area (Å²) in [5.74, 6) is 1.15. The first-order valence-corrected chi connectivity index (χ1v) is 9.27. The van der Waals surface area contributed by atoms with Crippen molar-refractivity contribution in [2.45, 2.75) is 52.0 Å². The molecule has 0 unspecified atom stereocenters. The second kappa shape index (κ2) is 9.67. The molecule has 4 heteroatoms. The van der Waals surface area contributed by atoms with Crippen molar-refractivity contribution in [1.29, 1.82) is 0 Å². The van der Waals surface area contributed by atoms with Gasteiger partial charge in [0, 0.05) is 19.1 Å². The van der Waals surface area contributed by atoms with E-state index in [4.69, 9.17) is 4.74 Å². The first kappa shape index (κ1) is 18.8. The second-order valence-electron chi connectivity index (χ2n) is 6.87. The quantitative estimate of drug-likeness (QED) is 0.730. The Morgan fingerprint density at radius 3 is 2.67 bits per heavy atom. The van der Waals surface area contributed by atoms with Gasteiger partial charge in [0.25, 0.3) is 0 Å². The van der Waals surface area contributed by atoms with E-state index in [1.165, 1.54) is 37.7 Å². The van der Waals surface area contributed by atoms with Gasteiger partial charge in [0.2, 0.25) is 5.91 Å². The van der Waals surface area contributed by atoms with Crippen LogP contribution in [-0.2, 0) is 4.79 Å². The molecule has 134 valence electrons. The van der Waals surface area contributed by atoms with Gasteiger partial charge in [-0.25, -0.2) is 0 Å². The highest BCUT2D eigenvalue weighted by molar-refractivity contribution is 5.78. The minimum atomic E-state index is 0.252. The van der Waals surface area contributed by atoms with Crippen molar-refractivity contribution in [2.24, 2.45) is 0 Å². The van der Waals surface area contributed by atoms with Gasteiger partial charge in [0.05, 0.1) is 6.54 Å². The summed E-state index contributed by atoms with van der Waals surface area (Å²) in [4.78, 5) is 16.7. The number of hydrogen-bond acceptors (Lipinski definition) is 3. The summed E-state index contributed by atoms with van der Waals surface area (Å²) in [6.45, 7) is 6.79. The van der Waals surface area contributed by atoms with E-state index >= 15 is 0 Å². The molecule has 0 atom stereocenters. The lowest BCUT2D eigenvalue weighted by atomic mass is 9.94. The number of benzene rings is 1. The molecule has 0 saturated heterocycles. The maximum absolute atomic E-state index is 12.6. The Balaban J connectivity index is 1.73. The van der Waals surface area contributed by atoms with Gasteiger partial charge >= 0.3 is 0 Å². The number of carbonyl (C=O) groups excluding carboxylic acids is 1. The summed E-state index contributed by atoms with van der Waals surface area (Å²) in [6, 6.07) is 8.52. The lowest BCUT2D eigenvalue weighted by Gasteiger charge is -2.34. The largest absolute Gasteiger partial charge is 0.492 e. The molecule has 1 fully saturated rings. The fourth-order valence-corrected chi connectivity index (χ4v) is 3.46. The molecule has 1 saturated carbocycles.